The van der Waals surface area contributed by atoms with Crippen LogP contribution in [0.4, 0.5) is 0 Å². The Morgan fingerprint density at radius 2 is 2.11 bits per heavy atom. The van der Waals surface area contributed by atoms with Crippen LogP contribution in [0, 0.1) is 5.92 Å². The highest BCUT2D eigenvalue weighted by Gasteiger charge is 2.30. The summed E-state index contributed by atoms with van der Waals surface area (Å²) in [4.78, 5) is 2.70. The second-order valence-corrected chi connectivity index (χ2v) is 6.10. The average molecular weight is 262 g/mol. The molecule has 1 aromatic rings. The van der Waals surface area contributed by atoms with Gasteiger partial charge in [-0.1, -0.05) is 6.42 Å². The van der Waals surface area contributed by atoms with Gasteiger partial charge in [-0.05, 0) is 57.3 Å². The fourth-order valence-electron chi connectivity index (χ4n) is 3.73. The van der Waals surface area contributed by atoms with Crippen LogP contribution in [0.25, 0.3) is 0 Å². The maximum atomic E-state index is 4.55. The standard InChI is InChI=1S/C15H26N4/c1-18-11-7-14(17-18)12-19-10-3-2-4-15(19)13-5-8-16-9-6-13/h7,11,13,15-16H,2-6,8-10,12H2,1H3. The van der Waals surface area contributed by atoms with Crippen molar-refractivity contribution in [3.05, 3.63) is 18.0 Å². The zero-order chi connectivity index (χ0) is 13.1. The van der Waals surface area contributed by atoms with Crippen molar-refractivity contribution >= 4 is 0 Å². The summed E-state index contributed by atoms with van der Waals surface area (Å²) in [7, 11) is 2.00. The van der Waals surface area contributed by atoms with Crippen LogP contribution in [-0.2, 0) is 13.6 Å². The van der Waals surface area contributed by atoms with E-state index in [0.717, 1.165) is 18.5 Å². The van der Waals surface area contributed by atoms with E-state index in [2.05, 4.69) is 27.6 Å². The van der Waals surface area contributed by atoms with Gasteiger partial charge in [0.2, 0.25) is 0 Å². The molecule has 4 heteroatoms. The minimum absolute atomic E-state index is 0.790. The molecule has 1 unspecified atom stereocenters. The average Bonchev–Trinajstić information content (AvgIpc) is 2.86. The largest absolute Gasteiger partial charge is 0.317 e. The van der Waals surface area contributed by atoms with E-state index in [1.807, 2.05) is 11.7 Å². The smallest absolute Gasteiger partial charge is 0.0764 e. The molecule has 1 atom stereocenters. The van der Waals surface area contributed by atoms with Crippen molar-refractivity contribution in [2.24, 2.45) is 13.0 Å². The third kappa shape index (κ3) is 3.18. The Bertz CT molecular complexity index is 395. The van der Waals surface area contributed by atoms with Crippen molar-refractivity contribution < 1.29 is 0 Å². The molecule has 1 N–H and O–H groups in total. The van der Waals surface area contributed by atoms with Gasteiger partial charge in [0.1, 0.15) is 0 Å². The van der Waals surface area contributed by atoms with Crippen LogP contribution in [0.1, 0.15) is 37.8 Å². The predicted molar refractivity (Wildman–Crippen MR) is 76.9 cm³/mol. The Morgan fingerprint density at radius 1 is 1.26 bits per heavy atom. The van der Waals surface area contributed by atoms with Crippen molar-refractivity contribution in [3.63, 3.8) is 0 Å². The number of likely N-dealkylation sites (tertiary alicyclic amines) is 1. The molecule has 2 saturated heterocycles. The van der Waals surface area contributed by atoms with Gasteiger partial charge in [-0.25, -0.2) is 0 Å². The van der Waals surface area contributed by atoms with Gasteiger partial charge in [-0.2, -0.15) is 5.10 Å². The molecule has 1 aromatic heterocycles. The molecule has 3 heterocycles. The van der Waals surface area contributed by atoms with Crippen LogP contribution in [0.3, 0.4) is 0 Å². The molecule has 0 amide bonds. The number of hydrogen-bond acceptors (Lipinski definition) is 3. The van der Waals surface area contributed by atoms with Crippen LogP contribution in [0.15, 0.2) is 12.3 Å². The molecule has 2 fully saturated rings. The van der Waals surface area contributed by atoms with Gasteiger partial charge in [0.05, 0.1) is 5.69 Å². The lowest BCUT2D eigenvalue weighted by Crippen LogP contribution is -2.46. The van der Waals surface area contributed by atoms with Crippen molar-refractivity contribution in [3.8, 4) is 0 Å². The highest BCUT2D eigenvalue weighted by molar-refractivity contribution is 5.00. The molecular formula is C15H26N4. The molecule has 0 saturated carbocycles. The summed E-state index contributed by atoms with van der Waals surface area (Å²) in [5, 5.41) is 8.03. The second kappa shape index (κ2) is 6.06. The molecule has 106 valence electrons. The van der Waals surface area contributed by atoms with Gasteiger partial charge in [-0.15, -0.1) is 0 Å². The second-order valence-electron chi connectivity index (χ2n) is 6.10. The first kappa shape index (κ1) is 13.1. The van der Waals surface area contributed by atoms with Crippen molar-refractivity contribution in [1.82, 2.24) is 20.0 Å². The number of piperidine rings is 2. The quantitative estimate of drug-likeness (QED) is 0.901. The third-order valence-electron chi connectivity index (χ3n) is 4.73. The number of hydrogen-bond donors (Lipinski definition) is 1. The Morgan fingerprint density at radius 3 is 2.84 bits per heavy atom. The van der Waals surface area contributed by atoms with Crippen LogP contribution < -0.4 is 5.32 Å². The lowest BCUT2D eigenvalue weighted by molar-refractivity contribution is 0.0765. The molecular weight excluding hydrogens is 236 g/mol. The molecule has 0 aromatic carbocycles. The van der Waals surface area contributed by atoms with E-state index in [1.165, 1.54) is 57.4 Å². The summed E-state index contributed by atoms with van der Waals surface area (Å²) in [6.45, 7) is 4.71. The lowest BCUT2D eigenvalue weighted by Gasteiger charge is -2.41. The third-order valence-corrected chi connectivity index (χ3v) is 4.73. The van der Waals surface area contributed by atoms with Crippen LogP contribution in [0.5, 0.6) is 0 Å². The Hall–Kier alpha value is -0.870. The molecule has 0 spiro atoms. The van der Waals surface area contributed by atoms with Crippen molar-refractivity contribution in [2.75, 3.05) is 19.6 Å². The van der Waals surface area contributed by atoms with E-state index in [-0.39, 0.29) is 0 Å². The van der Waals surface area contributed by atoms with Gasteiger partial charge in [-0.3, -0.25) is 9.58 Å². The summed E-state index contributed by atoms with van der Waals surface area (Å²) in [5.41, 5.74) is 1.23. The van der Waals surface area contributed by atoms with E-state index < -0.39 is 0 Å². The van der Waals surface area contributed by atoms with E-state index >= 15 is 0 Å². The molecule has 0 bridgehead atoms. The first-order valence-corrected chi connectivity index (χ1v) is 7.76. The van der Waals surface area contributed by atoms with Gasteiger partial charge in [0, 0.05) is 25.8 Å². The SMILES string of the molecule is Cn1ccc(CN2CCCCC2C2CCNCC2)n1. The maximum absolute atomic E-state index is 4.55. The van der Waals surface area contributed by atoms with Crippen molar-refractivity contribution in [2.45, 2.75) is 44.7 Å². The highest BCUT2D eigenvalue weighted by Crippen LogP contribution is 2.29. The topological polar surface area (TPSA) is 33.1 Å². The summed E-state index contributed by atoms with van der Waals surface area (Å²) >= 11 is 0. The number of nitrogens with one attached hydrogen (secondary N) is 1. The molecule has 2 aliphatic rings. The normalized spacial score (nSPS) is 26.7. The Kier molecular flexibility index (Phi) is 4.18. The molecule has 2 aliphatic heterocycles. The minimum Gasteiger partial charge on any atom is -0.317 e. The predicted octanol–water partition coefficient (Wildman–Crippen LogP) is 1.77. The van der Waals surface area contributed by atoms with Gasteiger partial charge in [0.15, 0.2) is 0 Å². The fourth-order valence-corrected chi connectivity index (χ4v) is 3.73. The van der Waals surface area contributed by atoms with Crippen LogP contribution >= 0.6 is 0 Å². The van der Waals surface area contributed by atoms with Gasteiger partial charge >= 0.3 is 0 Å². The first-order chi connectivity index (χ1) is 9.33. The van der Waals surface area contributed by atoms with E-state index in [1.54, 1.807) is 0 Å². The number of aryl methyl sites for hydroxylation is 1. The van der Waals surface area contributed by atoms with Gasteiger partial charge in [0.25, 0.3) is 0 Å². The number of aromatic nitrogens is 2. The van der Waals surface area contributed by atoms with Crippen molar-refractivity contribution in [1.29, 1.82) is 0 Å². The highest BCUT2D eigenvalue weighted by atomic mass is 15.3. The molecule has 4 nitrogen and oxygen atoms in total. The summed E-state index contributed by atoms with van der Waals surface area (Å²) in [5.74, 6) is 0.894. The summed E-state index contributed by atoms with van der Waals surface area (Å²) < 4.78 is 1.92. The summed E-state index contributed by atoms with van der Waals surface area (Å²) in [6.07, 6.45) is 8.91. The minimum atomic E-state index is 0.790. The molecule has 0 radical (unpaired) electrons. The lowest BCUT2D eigenvalue weighted by atomic mass is 9.84. The monoisotopic (exact) mass is 262 g/mol. The van der Waals surface area contributed by atoms with Gasteiger partial charge < -0.3 is 5.32 Å². The first-order valence-electron chi connectivity index (χ1n) is 7.76. The summed E-state index contributed by atoms with van der Waals surface area (Å²) in [6, 6.07) is 2.95. The molecule has 0 aliphatic carbocycles. The molecule has 19 heavy (non-hydrogen) atoms. The molecule has 3 rings (SSSR count). The Labute approximate surface area is 116 Å². The van der Waals surface area contributed by atoms with Crippen LogP contribution in [-0.4, -0.2) is 40.4 Å². The maximum Gasteiger partial charge on any atom is 0.0764 e. The fraction of sp³-hybridized carbons (Fsp3) is 0.800. The number of nitrogens with zero attached hydrogens (tertiary/aromatic N) is 3. The zero-order valence-corrected chi connectivity index (χ0v) is 12.0. The van der Waals surface area contributed by atoms with E-state index in [9.17, 15) is 0 Å². The van der Waals surface area contributed by atoms with Crippen LogP contribution in [0.2, 0.25) is 0 Å². The van der Waals surface area contributed by atoms with E-state index in [0.29, 0.717) is 0 Å². The zero-order valence-electron chi connectivity index (χ0n) is 12.0. The van der Waals surface area contributed by atoms with E-state index in [4.69, 9.17) is 0 Å². The Balaban J connectivity index is 1.66. The number of rotatable bonds is 3.